The average Bonchev–Trinajstić information content (AvgIpc) is 2.77. The number of benzene rings is 1. The van der Waals surface area contributed by atoms with Gasteiger partial charge in [0.25, 0.3) is 5.69 Å². The molecular formula is C10H9N3O3. The topological polar surface area (TPSA) is 95.2 Å². The highest BCUT2D eigenvalue weighted by molar-refractivity contribution is 5.55. The van der Waals surface area contributed by atoms with E-state index in [0.717, 1.165) is 0 Å². The minimum atomic E-state index is -0.454. The van der Waals surface area contributed by atoms with Crippen LogP contribution in [0.4, 0.5) is 5.69 Å². The van der Waals surface area contributed by atoms with Crippen LogP contribution in [0.3, 0.4) is 0 Å². The van der Waals surface area contributed by atoms with Gasteiger partial charge in [-0.2, -0.15) is 0 Å². The summed E-state index contributed by atoms with van der Waals surface area (Å²) in [5.74, 6) is 0.412. The Kier molecular flexibility index (Phi) is 2.65. The fraction of sp³-hybridized carbons (Fsp3) is 0.100. The minimum Gasteiger partial charge on any atom is -0.444 e. The highest BCUT2D eigenvalue weighted by Gasteiger charge is 2.08. The number of nitrogens with two attached hydrogens (primary N) is 1. The normalized spacial score (nSPS) is 10.3. The molecule has 0 atom stereocenters. The molecule has 1 heterocycles. The molecule has 0 radical (unpaired) electrons. The van der Waals surface area contributed by atoms with E-state index in [2.05, 4.69) is 4.98 Å². The van der Waals surface area contributed by atoms with Crippen LogP contribution in [0.5, 0.6) is 0 Å². The van der Waals surface area contributed by atoms with Crippen LogP contribution < -0.4 is 5.73 Å². The third-order valence-electron chi connectivity index (χ3n) is 2.09. The van der Waals surface area contributed by atoms with E-state index < -0.39 is 4.92 Å². The zero-order valence-electron chi connectivity index (χ0n) is 8.29. The fourth-order valence-electron chi connectivity index (χ4n) is 1.26. The van der Waals surface area contributed by atoms with Crippen LogP contribution in [-0.2, 0) is 6.54 Å². The van der Waals surface area contributed by atoms with Crippen molar-refractivity contribution in [1.29, 1.82) is 0 Å². The van der Waals surface area contributed by atoms with E-state index in [1.54, 1.807) is 12.1 Å². The summed E-state index contributed by atoms with van der Waals surface area (Å²) in [5.41, 5.74) is 6.76. The Morgan fingerprint density at radius 3 is 2.56 bits per heavy atom. The molecule has 0 amide bonds. The highest BCUT2D eigenvalue weighted by atomic mass is 16.6. The van der Waals surface area contributed by atoms with Gasteiger partial charge in [-0.25, -0.2) is 4.98 Å². The summed E-state index contributed by atoms with van der Waals surface area (Å²) in [5, 5.41) is 10.4. The molecule has 0 spiro atoms. The first kappa shape index (κ1) is 10.3. The summed E-state index contributed by atoms with van der Waals surface area (Å²) in [6.07, 6.45) is 1.47. The van der Waals surface area contributed by atoms with Gasteiger partial charge in [-0.05, 0) is 12.1 Å². The van der Waals surface area contributed by atoms with Crippen molar-refractivity contribution in [3.63, 3.8) is 0 Å². The standard InChI is InChI=1S/C10H9N3O3/c11-5-8-6-16-10(12-8)7-1-3-9(4-2-7)13(14)15/h1-4,6H,5,11H2. The molecule has 6 nitrogen and oxygen atoms in total. The Labute approximate surface area is 90.9 Å². The first-order valence-electron chi connectivity index (χ1n) is 4.60. The summed E-state index contributed by atoms with van der Waals surface area (Å²) < 4.78 is 5.18. The molecule has 6 heteroatoms. The zero-order chi connectivity index (χ0) is 11.5. The zero-order valence-corrected chi connectivity index (χ0v) is 8.29. The molecule has 0 aliphatic heterocycles. The molecule has 0 saturated carbocycles. The minimum absolute atomic E-state index is 0.0364. The molecule has 0 fully saturated rings. The molecule has 2 aromatic rings. The van der Waals surface area contributed by atoms with Crippen molar-refractivity contribution in [2.45, 2.75) is 6.54 Å². The number of aromatic nitrogens is 1. The first-order valence-corrected chi connectivity index (χ1v) is 4.60. The van der Waals surface area contributed by atoms with Gasteiger partial charge in [0, 0.05) is 24.2 Å². The van der Waals surface area contributed by atoms with Gasteiger partial charge in [0.05, 0.1) is 10.6 Å². The number of nitro benzene ring substituents is 1. The largest absolute Gasteiger partial charge is 0.444 e. The van der Waals surface area contributed by atoms with Crippen molar-refractivity contribution < 1.29 is 9.34 Å². The second kappa shape index (κ2) is 4.11. The predicted molar refractivity (Wildman–Crippen MR) is 56.5 cm³/mol. The fourth-order valence-corrected chi connectivity index (χ4v) is 1.26. The SMILES string of the molecule is NCc1coc(-c2ccc([N+](=O)[O-])cc2)n1. The molecule has 82 valence electrons. The van der Waals surface area contributed by atoms with Crippen LogP contribution in [-0.4, -0.2) is 9.91 Å². The number of oxazole rings is 1. The molecule has 0 aliphatic rings. The summed E-state index contributed by atoms with van der Waals surface area (Å²) in [6, 6.07) is 5.98. The van der Waals surface area contributed by atoms with Crippen molar-refractivity contribution in [1.82, 2.24) is 4.98 Å². The Morgan fingerprint density at radius 2 is 2.06 bits per heavy atom. The maximum absolute atomic E-state index is 10.4. The van der Waals surface area contributed by atoms with E-state index in [9.17, 15) is 10.1 Å². The van der Waals surface area contributed by atoms with E-state index in [4.69, 9.17) is 10.2 Å². The second-order valence-electron chi connectivity index (χ2n) is 3.15. The molecule has 0 bridgehead atoms. The van der Waals surface area contributed by atoms with E-state index in [0.29, 0.717) is 23.7 Å². The van der Waals surface area contributed by atoms with Crippen molar-refractivity contribution in [3.05, 3.63) is 46.3 Å². The lowest BCUT2D eigenvalue weighted by Gasteiger charge is -1.94. The Morgan fingerprint density at radius 1 is 1.38 bits per heavy atom. The van der Waals surface area contributed by atoms with E-state index in [1.165, 1.54) is 18.4 Å². The van der Waals surface area contributed by atoms with Gasteiger partial charge < -0.3 is 10.2 Å². The maximum Gasteiger partial charge on any atom is 0.269 e. The smallest absolute Gasteiger partial charge is 0.269 e. The highest BCUT2D eigenvalue weighted by Crippen LogP contribution is 2.21. The van der Waals surface area contributed by atoms with Crippen LogP contribution in [0, 0.1) is 10.1 Å². The molecule has 1 aromatic heterocycles. The molecule has 0 aliphatic carbocycles. The number of nitrogens with zero attached hydrogens (tertiary/aromatic N) is 2. The monoisotopic (exact) mass is 219 g/mol. The van der Waals surface area contributed by atoms with Gasteiger partial charge in [-0.3, -0.25) is 10.1 Å². The number of non-ortho nitro benzene ring substituents is 1. The summed E-state index contributed by atoms with van der Waals surface area (Å²) in [7, 11) is 0. The first-order chi connectivity index (χ1) is 7.70. The maximum atomic E-state index is 10.4. The van der Waals surface area contributed by atoms with Crippen LogP contribution in [0.15, 0.2) is 34.9 Å². The van der Waals surface area contributed by atoms with Gasteiger partial charge >= 0.3 is 0 Å². The Balaban J connectivity index is 2.30. The van der Waals surface area contributed by atoms with E-state index in [-0.39, 0.29) is 5.69 Å². The molecule has 2 rings (SSSR count). The van der Waals surface area contributed by atoms with Crippen molar-refractivity contribution >= 4 is 5.69 Å². The second-order valence-corrected chi connectivity index (χ2v) is 3.15. The lowest BCUT2D eigenvalue weighted by atomic mass is 10.2. The third kappa shape index (κ3) is 1.91. The van der Waals surface area contributed by atoms with Gasteiger partial charge in [-0.1, -0.05) is 0 Å². The predicted octanol–water partition coefficient (Wildman–Crippen LogP) is 1.71. The quantitative estimate of drug-likeness (QED) is 0.626. The summed E-state index contributed by atoms with van der Waals surface area (Å²) >= 11 is 0. The van der Waals surface area contributed by atoms with Crippen LogP contribution >= 0.6 is 0 Å². The number of nitro groups is 1. The molecule has 0 unspecified atom stereocenters. The van der Waals surface area contributed by atoms with E-state index in [1.807, 2.05) is 0 Å². The molecule has 0 saturated heterocycles. The van der Waals surface area contributed by atoms with Gasteiger partial charge in [0.15, 0.2) is 0 Å². The number of hydrogen-bond acceptors (Lipinski definition) is 5. The molecule has 1 aromatic carbocycles. The van der Waals surface area contributed by atoms with Gasteiger partial charge in [-0.15, -0.1) is 0 Å². The molecule has 2 N–H and O–H groups in total. The van der Waals surface area contributed by atoms with Gasteiger partial charge in [0.1, 0.15) is 6.26 Å². The lowest BCUT2D eigenvalue weighted by Crippen LogP contribution is -1.95. The van der Waals surface area contributed by atoms with Gasteiger partial charge in [0.2, 0.25) is 5.89 Å². The third-order valence-corrected chi connectivity index (χ3v) is 2.09. The average molecular weight is 219 g/mol. The summed E-state index contributed by atoms with van der Waals surface area (Å²) in [6.45, 7) is 0.302. The number of rotatable bonds is 3. The van der Waals surface area contributed by atoms with Crippen molar-refractivity contribution in [3.8, 4) is 11.5 Å². The lowest BCUT2D eigenvalue weighted by molar-refractivity contribution is -0.384. The van der Waals surface area contributed by atoms with Crippen LogP contribution in [0.2, 0.25) is 0 Å². The Hall–Kier alpha value is -2.21. The number of hydrogen-bond donors (Lipinski definition) is 1. The van der Waals surface area contributed by atoms with Crippen molar-refractivity contribution in [2.24, 2.45) is 5.73 Å². The van der Waals surface area contributed by atoms with Crippen molar-refractivity contribution in [2.75, 3.05) is 0 Å². The molecule has 16 heavy (non-hydrogen) atoms. The molecular weight excluding hydrogens is 210 g/mol. The summed E-state index contributed by atoms with van der Waals surface area (Å²) in [4.78, 5) is 14.1. The van der Waals surface area contributed by atoms with Crippen LogP contribution in [0.1, 0.15) is 5.69 Å². The Bertz CT molecular complexity index is 504. The van der Waals surface area contributed by atoms with Crippen LogP contribution in [0.25, 0.3) is 11.5 Å². The van der Waals surface area contributed by atoms with E-state index >= 15 is 0 Å².